The van der Waals surface area contributed by atoms with Crippen molar-refractivity contribution in [3.8, 4) is 0 Å². The van der Waals surface area contributed by atoms with E-state index in [9.17, 15) is 14.9 Å². The zero-order chi connectivity index (χ0) is 15.7. The molecule has 1 aromatic heterocycles. The van der Waals surface area contributed by atoms with Crippen LogP contribution in [0.5, 0.6) is 0 Å². The summed E-state index contributed by atoms with van der Waals surface area (Å²) in [6.45, 7) is 1.77. The second-order valence-electron chi connectivity index (χ2n) is 4.65. The Morgan fingerprint density at radius 2 is 2.00 bits per heavy atom. The molecule has 1 aliphatic rings. The maximum atomic E-state index is 12.5. The molecule has 7 heteroatoms. The van der Waals surface area contributed by atoms with Crippen molar-refractivity contribution in [2.75, 3.05) is 5.01 Å². The summed E-state index contributed by atoms with van der Waals surface area (Å²) < 4.78 is 0. The Morgan fingerprint density at radius 1 is 1.27 bits per heavy atom. The molecule has 0 atom stereocenters. The largest absolute Gasteiger partial charge is 0.280 e. The molecule has 0 bridgehead atoms. The number of carbonyl (C=O) groups is 1. The van der Waals surface area contributed by atoms with Crippen molar-refractivity contribution in [1.82, 2.24) is 0 Å². The molecule has 0 N–H and O–H groups in total. The molecule has 0 radical (unpaired) electrons. The van der Waals surface area contributed by atoms with E-state index in [0.717, 1.165) is 4.88 Å². The molecule has 3 rings (SSSR count). The predicted octanol–water partition coefficient (Wildman–Crippen LogP) is 3.46. The van der Waals surface area contributed by atoms with Gasteiger partial charge in [0.05, 0.1) is 21.9 Å². The average molecular weight is 313 g/mol. The first-order valence-electron chi connectivity index (χ1n) is 6.46. The van der Waals surface area contributed by atoms with Crippen molar-refractivity contribution in [2.45, 2.75) is 6.92 Å². The zero-order valence-electron chi connectivity index (χ0n) is 11.6. The molecule has 0 spiro atoms. The van der Waals surface area contributed by atoms with Crippen molar-refractivity contribution in [3.63, 3.8) is 0 Å². The van der Waals surface area contributed by atoms with E-state index < -0.39 is 4.92 Å². The molecule has 2 heterocycles. The van der Waals surface area contributed by atoms with E-state index in [4.69, 9.17) is 0 Å². The van der Waals surface area contributed by atoms with E-state index in [-0.39, 0.29) is 11.6 Å². The molecular weight excluding hydrogens is 302 g/mol. The normalized spacial score (nSPS) is 16.2. The molecular formula is C15H11N3O3S. The molecule has 0 unspecified atom stereocenters. The molecule has 1 amide bonds. The molecule has 1 aromatic carbocycles. The van der Waals surface area contributed by atoms with Gasteiger partial charge in [0.1, 0.15) is 0 Å². The fourth-order valence-electron chi connectivity index (χ4n) is 2.09. The lowest BCUT2D eigenvalue weighted by molar-refractivity contribution is -0.384. The average Bonchev–Trinajstić information content (AvgIpc) is 3.11. The smallest absolute Gasteiger partial charge is 0.267 e. The fourth-order valence-corrected chi connectivity index (χ4v) is 2.75. The molecule has 110 valence electrons. The van der Waals surface area contributed by atoms with E-state index in [1.54, 1.807) is 13.0 Å². The lowest BCUT2D eigenvalue weighted by atomic mass is 10.1. The summed E-state index contributed by atoms with van der Waals surface area (Å²) in [6.07, 6.45) is 1.80. The number of thiophene rings is 1. The summed E-state index contributed by atoms with van der Waals surface area (Å²) >= 11 is 1.54. The van der Waals surface area contributed by atoms with Gasteiger partial charge < -0.3 is 0 Å². The van der Waals surface area contributed by atoms with Gasteiger partial charge in [-0.1, -0.05) is 6.07 Å². The van der Waals surface area contributed by atoms with Crippen molar-refractivity contribution in [2.24, 2.45) is 5.10 Å². The summed E-state index contributed by atoms with van der Waals surface area (Å²) in [6, 6.07) is 9.58. The third-order valence-electron chi connectivity index (χ3n) is 3.20. The molecule has 2 aromatic rings. The fraction of sp³-hybridized carbons (Fsp3) is 0.0667. The van der Waals surface area contributed by atoms with Gasteiger partial charge in [-0.2, -0.15) is 10.1 Å². The van der Waals surface area contributed by atoms with Crippen LogP contribution in [0.25, 0.3) is 6.08 Å². The number of nitro groups is 1. The summed E-state index contributed by atoms with van der Waals surface area (Å²) in [5.41, 5.74) is 1.63. The number of nitro benzene ring substituents is 1. The Balaban J connectivity index is 1.91. The van der Waals surface area contributed by atoms with Crippen LogP contribution in [0.3, 0.4) is 0 Å². The van der Waals surface area contributed by atoms with Crippen LogP contribution in [0.15, 0.2) is 52.5 Å². The molecule has 1 aliphatic heterocycles. The number of non-ortho nitro benzene ring substituents is 1. The zero-order valence-corrected chi connectivity index (χ0v) is 12.4. The van der Waals surface area contributed by atoms with Crippen molar-refractivity contribution >= 4 is 40.4 Å². The van der Waals surface area contributed by atoms with Gasteiger partial charge in [-0.05, 0) is 36.6 Å². The quantitative estimate of drug-likeness (QED) is 0.494. The van der Waals surface area contributed by atoms with E-state index in [1.807, 2.05) is 17.5 Å². The minimum Gasteiger partial charge on any atom is -0.267 e. The van der Waals surface area contributed by atoms with Crippen LogP contribution in [0.4, 0.5) is 11.4 Å². The van der Waals surface area contributed by atoms with Gasteiger partial charge in [0.25, 0.3) is 11.6 Å². The summed E-state index contributed by atoms with van der Waals surface area (Å²) in [7, 11) is 0. The van der Waals surface area contributed by atoms with E-state index in [0.29, 0.717) is 17.0 Å². The second kappa shape index (κ2) is 5.53. The number of benzene rings is 1. The minimum atomic E-state index is -0.480. The van der Waals surface area contributed by atoms with Crippen LogP contribution in [0, 0.1) is 10.1 Å². The van der Waals surface area contributed by atoms with Crippen LogP contribution in [0.2, 0.25) is 0 Å². The molecule has 0 fully saturated rings. The summed E-state index contributed by atoms with van der Waals surface area (Å²) in [4.78, 5) is 23.6. The Hall–Kier alpha value is -2.80. The van der Waals surface area contributed by atoms with Crippen LogP contribution in [-0.4, -0.2) is 16.5 Å². The van der Waals surface area contributed by atoms with Crippen molar-refractivity contribution in [1.29, 1.82) is 0 Å². The third-order valence-corrected chi connectivity index (χ3v) is 4.02. The maximum Gasteiger partial charge on any atom is 0.280 e. The number of carbonyl (C=O) groups excluding carboxylic acids is 1. The van der Waals surface area contributed by atoms with Crippen LogP contribution < -0.4 is 5.01 Å². The number of hydrogen-bond acceptors (Lipinski definition) is 5. The maximum absolute atomic E-state index is 12.5. The van der Waals surface area contributed by atoms with Gasteiger partial charge in [-0.15, -0.1) is 11.3 Å². The van der Waals surface area contributed by atoms with Crippen LogP contribution >= 0.6 is 11.3 Å². The van der Waals surface area contributed by atoms with Gasteiger partial charge in [0, 0.05) is 17.0 Å². The third kappa shape index (κ3) is 2.53. The number of hydrogen-bond donors (Lipinski definition) is 0. The van der Waals surface area contributed by atoms with Crippen molar-refractivity contribution in [3.05, 3.63) is 62.3 Å². The summed E-state index contributed by atoms with van der Waals surface area (Å²) in [5, 5.41) is 18.1. The van der Waals surface area contributed by atoms with Gasteiger partial charge in [-0.3, -0.25) is 14.9 Å². The van der Waals surface area contributed by atoms with E-state index in [1.165, 1.54) is 40.6 Å². The molecule has 0 aliphatic carbocycles. The number of anilines is 1. The highest BCUT2D eigenvalue weighted by atomic mass is 32.1. The topological polar surface area (TPSA) is 75.8 Å². The van der Waals surface area contributed by atoms with Gasteiger partial charge in [0.15, 0.2) is 0 Å². The number of hydrazone groups is 1. The summed E-state index contributed by atoms with van der Waals surface area (Å²) in [5.74, 6) is -0.236. The Kier molecular flexibility index (Phi) is 3.56. The Labute approximate surface area is 130 Å². The SMILES string of the molecule is CC1=NN(c2ccc([N+](=O)[O-])cc2)C(=O)C1=Cc1cccs1. The molecule has 6 nitrogen and oxygen atoms in total. The Bertz CT molecular complexity index is 792. The van der Waals surface area contributed by atoms with Crippen LogP contribution in [0.1, 0.15) is 11.8 Å². The van der Waals surface area contributed by atoms with Crippen LogP contribution in [-0.2, 0) is 4.79 Å². The first-order chi connectivity index (χ1) is 10.6. The Morgan fingerprint density at radius 3 is 2.59 bits per heavy atom. The number of amides is 1. The highest BCUT2D eigenvalue weighted by Crippen LogP contribution is 2.27. The minimum absolute atomic E-state index is 0.0227. The standard InChI is InChI=1S/C15H11N3O3S/c1-10-14(9-13-3-2-8-22-13)15(19)17(16-10)11-4-6-12(7-5-11)18(20)21/h2-9H,1H3. The van der Waals surface area contributed by atoms with Gasteiger partial charge in [0.2, 0.25) is 0 Å². The monoisotopic (exact) mass is 313 g/mol. The van der Waals surface area contributed by atoms with Gasteiger partial charge >= 0.3 is 0 Å². The lowest BCUT2D eigenvalue weighted by Gasteiger charge is -2.11. The number of rotatable bonds is 3. The molecule has 0 saturated heterocycles. The highest BCUT2D eigenvalue weighted by molar-refractivity contribution is 7.10. The van der Waals surface area contributed by atoms with E-state index in [2.05, 4.69) is 5.10 Å². The number of nitrogens with zero attached hydrogens (tertiary/aromatic N) is 3. The van der Waals surface area contributed by atoms with Crippen molar-refractivity contribution < 1.29 is 9.72 Å². The predicted molar refractivity (Wildman–Crippen MR) is 86.0 cm³/mol. The molecule has 0 saturated carbocycles. The first-order valence-corrected chi connectivity index (χ1v) is 7.34. The molecule has 22 heavy (non-hydrogen) atoms. The lowest BCUT2D eigenvalue weighted by Crippen LogP contribution is -2.21. The second-order valence-corrected chi connectivity index (χ2v) is 5.63. The first kappa shape index (κ1) is 14.2. The highest BCUT2D eigenvalue weighted by Gasteiger charge is 2.29. The van der Waals surface area contributed by atoms with E-state index >= 15 is 0 Å². The van der Waals surface area contributed by atoms with Gasteiger partial charge in [-0.25, -0.2) is 0 Å².